The molecule has 1 unspecified atom stereocenters. The molecule has 0 aromatic heterocycles. The molecule has 0 saturated carbocycles. The number of alkyl halides is 1. The molecule has 1 aromatic rings. The average Bonchev–Trinajstić information content (AvgIpc) is 2.42. The van der Waals surface area contributed by atoms with Crippen LogP contribution in [0.4, 0.5) is 5.69 Å². The van der Waals surface area contributed by atoms with Crippen molar-refractivity contribution in [1.29, 1.82) is 5.26 Å². The van der Waals surface area contributed by atoms with Gasteiger partial charge in [-0.25, -0.2) is 4.79 Å². The largest absolute Gasteiger partial charge is 0.425 e. The van der Waals surface area contributed by atoms with Gasteiger partial charge in [-0.2, -0.15) is 5.26 Å². The summed E-state index contributed by atoms with van der Waals surface area (Å²) in [5.41, 5.74) is 0.957. The van der Waals surface area contributed by atoms with Crippen LogP contribution in [0, 0.1) is 11.3 Å². The van der Waals surface area contributed by atoms with Gasteiger partial charge in [0.2, 0.25) is 0 Å². The second-order valence-corrected chi connectivity index (χ2v) is 5.47. The highest BCUT2D eigenvalue weighted by Gasteiger charge is 2.17. The zero-order chi connectivity index (χ0) is 14.4. The number of benzene rings is 1. The fourth-order valence-corrected chi connectivity index (χ4v) is 2.17. The molecular weight excluding hydrogens is 376 g/mol. The highest BCUT2D eigenvalue weighted by atomic mass is 79.9. The molecule has 6 heteroatoms. The van der Waals surface area contributed by atoms with Crippen LogP contribution in [0.15, 0.2) is 22.7 Å². The normalized spacial score (nSPS) is 11.5. The Hall–Kier alpha value is -1.06. The summed E-state index contributed by atoms with van der Waals surface area (Å²) in [5.74, 6) is -0.190. The maximum atomic E-state index is 11.5. The zero-order valence-corrected chi connectivity index (χ0v) is 13.9. The Morgan fingerprint density at radius 2 is 2.11 bits per heavy atom. The van der Waals surface area contributed by atoms with Gasteiger partial charge in [-0.3, -0.25) is 0 Å². The lowest BCUT2D eigenvalue weighted by atomic mass is 10.2. The summed E-state index contributed by atoms with van der Waals surface area (Å²) in [6.45, 7) is 5.81. The molecule has 0 fully saturated rings. The Labute approximate surface area is 129 Å². The van der Waals surface area contributed by atoms with E-state index in [0.29, 0.717) is 5.75 Å². The summed E-state index contributed by atoms with van der Waals surface area (Å²) < 4.78 is 6.08. The lowest BCUT2D eigenvalue weighted by Gasteiger charge is -2.23. The average molecular weight is 390 g/mol. The fraction of sp³-hybridized carbons (Fsp3) is 0.385. The number of rotatable bonds is 5. The lowest BCUT2D eigenvalue weighted by Crippen LogP contribution is -2.23. The van der Waals surface area contributed by atoms with Crippen molar-refractivity contribution in [2.75, 3.05) is 18.0 Å². The molecule has 0 aliphatic carbocycles. The lowest BCUT2D eigenvalue weighted by molar-refractivity contribution is -0.132. The Kier molecular flexibility index (Phi) is 6.32. The van der Waals surface area contributed by atoms with Crippen molar-refractivity contribution in [3.63, 3.8) is 0 Å². The smallest absolute Gasteiger partial charge is 0.339 e. The molecule has 0 spiro atoms. The minimum absolute atomic E-state index is 0.426. The Morgan fingerprint density at radius 3 is 2.63 bits per heavy atom. The van der Waals surface area contributed by atoms with Gasteiger partial charge in [0.25, 0.3) is 0 Å². The second kappa shape index (κ2) is 7.51. The molecule has 19 heavy (non-hydrogen) atoms. The number of hydrogen-bond acceptors (Lipinski definition) is 4. The summed E-state index contributed by atoms with van der Waals surface area (Å²) in [7, 11) is 0. The minimum Gasteiger partial charge on any atom is -0.425 e. The molecule has 102 valence electrons. The summed E-state index contributed by atoms with van der Waals surface area (Å²) in [5, 5.41) is 8.63. The third-order valence-corrected chi connectivity index (χ3v) is 3.81. The molecule has 1 rings (SSSR count). The molecule has 0 amide bonds. The molecule has 4 nitrogen and oxygen atoms in total. The highest BCUT2D eigenvalue weighted by Crippen LogP contribution is 2.30. The minimum atomic E-state index is -0.951. The van der Waals surface area contributed by atoms with Gasteiger partial charge in [0, 0.05) is 23.6 Å². The summed E-state index contributed by atoms with van der Waals surface area (Å²) in [6, 6.07) is 7.07. The van der Waals surface area contributed by atoms with Crippen molar-refractivity contribution in [3.8, 4) is 11.8 Å². The van der Waals surface area contributed by atoms with Gasteiger partial charge in [0.15, 0.2) is 4.83 Å². The van der Waals surface area contributed by atoms with E-state index >= 15 is 0 Å². The van der Waals surface area contributed by atoms with E-state index in [1.165, 1.54) is 0 Å². The first kappa shape index (κ1) is 16.0. The predicted octanol–water partition coefficient (Wildman–Crippen LogP) is 3.49. The third-order valence-electron chi connectivity index (χ3n) is 2.56. The van der Waals surface area contributed by atoms with E-state index in [9.17, 15) is 4.79 Å². The fourth-order valence-electron chi connectivity index (χ4n) is 1.58. The number of carbonyl (C=O) groups is 1. The number of nitrogens with zero attached hydrogens (tertiary/aromatic N) is 2. The van der Waals surface area contributed by atoms with Crippen LogP contribution in [0.2, 0.25) is 0 Å². The van der Waals surface area contributed by atoms with Gasteiger partial charge in [0.05, 0.1) is 11.8 Å². The molecule has 0 radical (unpaired) electrons. The first-order valence-electron chi connectivity index (χ1n) is 5.83. The van der Waals surface area contributed by atoms with E-state index in [-0.39, 0.29) is 0 Å². The molecule has 1 atom stereocenters. The van der Waals surface area contributed by atoms with Crippen LogP contribution in [0.3, 0.4) is 0 Å². The molecule has 0 aliphatic rings. The van der Waals surface area contributed by atoms with Crippen LogP contribution in [0.1, 0.15) is 13.8 Å². The van der Waals surface area contributed by atoms with Gasteiger partial charge in [-0.1, -0.05) is 15.9 Å². The molecule has 1 aromatic carbocycles. The summed E-state index contributed by atoms with van der Waals surface area (Å²) in [6.07, 6.45) is 0. The predicted molar refractivity (Wildman–Crippen MR) is 81.7 cm³/mol. The van der Waals surface area contributed by atoms with E-state index in [1.807, 2.05) is 6.07 Å². The van der Waals surface area contributed by atoms with Crippen molar-refractivity contribution in [1.82, 2.24) is 0 Å². The zero-order valence-electron chi connectivity index (χ0n) is 10.7. The molecular formula is C13H14Br2N2O2. The Balaban J connectivity index is 2.97. The van der Waals surface area contributed by atoms with E-state index in [2.05, 4.69) is 50.6 Å². The number of halogens is 2. The monoisotopic (exact) mass is 388 g/mol. The van der Waals surface area contributed by atoms with Crippen LogP contribution in [0.25, 0.3) is 0 Å². The molecule has 0 N–H and O–H groups in total. The van der Waals surface area contributed by atoms with E-state index in [0.717, 1.165) is 23.2 Å². The first-order chi connectivity index (χ1) is 9.03. The van der Waals surface area contributed by atoms with E-state index < -0.39 is 10.8 Å². The summed E-state index contributed by atoms with van der Waals surface area (Å²) in [4.78, 5) is 12.7. The van der Waals surface area contributed by atoms with Crippen LogP contribution in [0.5, 0.6) is 5.75 Å². The SMILES string of the molecule is CCN(CC)c1cc(OC(=O)C(Br)C#N)ccc1Br. The van der Waals surface area contributed by atoms with E-state index in [4.69, 9.17) is 10.00 Å². The van der Waals surface area contributed by atoms with Crippen LogP contribution in [-0.2, 0) is 4.79 Å². The van der Waals surface area contributed by atoms with Crippen molar-refractivity contribution < 1.29 is 9.53 Å². The summed E-state index contributed by atoms with van der Waals surface area (Å²) >= 11 is 6.41. The van der Waals surface area contributed by atoms with Gasteiger partial charge >= 0.3 is 5.97 Å². The van der Waals surface area contributed by atoms with Crippen molar-refractivity contribution >= 4 is 43.5 Å². The number of hydrogen-bond donors (Lipinski definition) is 0. The van der Waals surface area contributed by atoms with Gasteiger partial charge in [-0.15, -0.1) is 0 Å². The Morgan fingerprint density at radius 1 is 1.47 bits per heavy atom. The van der Waals surface area contributed by atoms with Crippen molar-refractivity contribution in [2.24, 2.45) is 0 Å². The number of ether oxygens (including phenoxy) is 1. The highest BCUT2D eigenvalue weighted by molar-refractivity contribution is 9.10. The maximum Gasteiger partial charge on any atom is 0.339 e. The Bertz CT molecular complexity index is 496. The molecule has 0 saturated heterocycles. The topological polar surface area (TPSA) is 53.3 Å². The molecule has 0 heterocycles. The van der Waals surface area contributed by atoms with Gasteiger partial charge in [-0.05, 0) is 41.9 Å². The number of esters is 1. The maximum absolute atomic E-state index is 11.5. The second-order valence-electron chi connectivity index (χ2n) is 3.70. The van der Waals surface area contributed by atoms with Crippen LogP contribution < -0.4 is 9.64 Å². The molecule has 0 aliphatic heterocycles. The number of anilines is 1. The van der Waals surface area contributed by atoms with Gasteiger partial charge < -0.3 is 9.64 Å². The van der Waals surface area contributed by atoms with Crippen LogP contribution >= 0.6 is 31.9 Å². The molecule has 0 bridgehead atoms. The first-order valence-corrected chi connectivity index (χ1v) is 7.54. The number of carbonyl (C=O) groups excluding carboxylic acids is 1. The number of nitriles is 1. The van der Waals surface area contributed by atoms with Gasteiger partial charge in [0.1, 0.15) is 5.75 Å². The third kappa shape index (κ3) is 4.22. The van der Waals surface area contributed by atoms with Crippen molar-refractivity contribution in [3.05, 3.63) is 22.7 Å². The standard InChI is InChI=1S/C13H14Br2N2O2/c1-3-17(4-2)12-7-9(5-6-10(12)14)19-13(18)11(15)8-16/h5-7,11H,3-4H2,1-2H3. The van der Waals surface area contributed by atoms with E-state index in [1.54, 1.807) is 18.2 Å². The van der Waals surface area contributed by atoms with Crippen molar-refractivity contribution in [2.45, 2.75) is 18.7 Å². The quantitative estimate of drug-likeness (QED) is 0.439. The van der Waals surface area contributed by atoms with Crippen LogP contribution in [-0.4, -0.2) is 23.9 Å².